The average Bonchev–Trinajstić information content (AvgIpc) is 3.81. The van der Waals surface area contributed by atoms with E-state index in [1.807, 2.05) is 18.2 Å². The van der Waals surface area contributed by atoms with Crippen LogP contribution in [0.4, 0.5) is 17.1 Å². The Morgan fingerprint density at radius 2 is 0.811 bits per heavy atom. The van der Waals surface area contributed by atoms with E-state index in [4.69, 9.17) is 8.83 Å². The van der Waals surface area contributed by atoms with E-state index in [9.17, 15) is 0 Å². The molecular weight excluding hydrogens is 647 g/mol. The highest BCUT2D eigenvalue weighted by Crippen LogP contribution is 2.49. The monoisotopic (exact) mass is 677 g/mol. The molecule has 3 nitrogen and oxygen atoms in total. The fourth-order valence-electron chi connectivity index (χ4n) is 8.30. The lowest BCUT2D eigenvalue weighted by atomic mass is 9.93. The summed E-state index contributed by atoms with van der Waals surface area (Å²) in [5.74, 6) is 0. The molecule has 0 saturated carbocycles. The van der Waals surface area contributed by atoms with Gasteiger partial charge in [-0.3, -0.25) is 0 Å². The summed E-state index contributed by atoms with van der Waals surface area (Å²) in [6, 6.07) is 66.6. The molecule has 0 fully saturated rings. The number of hydrogen-bond donors (Lipinski definition) is 0. The number of hydrogen-bond acceptors (Lipinski definition) is 3. The van der Waals surface area contributed by atoms with Crippen molar-refractivity contribution in [3.8, 4) is 22.3 Å². The molecule has 0 amide bonds. The van der Waals surface area contributed by atoms with Crippen LogP contribution in [-0.2, 0) is 0 Å². The Morgan fingerprint density at radius 1 is 0.283 bits per heavy atom. The number of nitrogens with zero attached hydrogens (tertiary/aromatic N) is 1. The molecule has 3 heteroatoms. The van der Waals surface area contributed by atoms with Crippen molar-refractivity contribution in [3.63, 3.8) is 0 Å². The minimum Gasteiger partial charge on any atom is -0.454 e. The largest absolute Gasteiger partial charge is 0.454 e. The molecule has 248 valence electrons. The second kappa shape index (κ2) is 11.7. The summed E-state index contributed by atoms with van der Waals surface area (Å²) in [5.41, 5.74) is 10.9. The quantitative estimate of drug-likeness (QED) is 0.182. The first-order valence-electron chi connectivity index (χ1n) is 18.0. The van der Waals surface area contributed by atoms with Crippen LogP contribution >= 0.6 is 0 Å². The molecule has 0 saturated heterocycles. The number of furan rings is 2. The van der Waals surface area contributed by atoms with Crippen LogP contribution in [0.25, 0.3) is 87.7 Å². The highest BCUT2D eigenvalue weighted by Gasteiger charge is 2.25. The third-order valence-corrected chi connectivity index (χ3v) is 10.7. The Morgan fingerprint density at radius 3 is 1.62 bits per heavy atom. The molecular formula is C50H31NO2. The van der Waals surface area contributed by atoms with Crippen LogP contribution in [0, 0.1) is 0 Å². The molecule has 0 unspecified atom stereocenters. The zero-order chi connectivity index (χ0) is 34.9. The van der Waals surface area contributed by atoms with Crippen molar-refractivity contribution in [1.82, 2.24) is 0 Å². The molecule has 0 bridgehead atoms. The molecule has 0 N–H and O–H groups in total. The Labute approximate surface area is 305 Å². The van der Waals surface area contributed by atoms with Gasteiger partial charge in [-0.05, 0) is 57.1 Å². The summed E-state index contributed by atoms with van der Waals surface area (Å²) in [4.78, 5) is 2.34. The topological polar surface area (TPSA) is 29.5 Å². The second-order valence-corrected chi connectivity index (χ2v) is 13.6. The maximum absolute atomic E-state index is 7.05. The summed E-state index contributed by atoms with van der Waals surface area (Å²) in [7, 11) is 0. The van der Waals surface area contributed by atoms with Crippen molar-refractivity contribution in [3.05, 3.63) is 188 Å². The third kappa shape index (κ3) is 4.54. The molecule has 2 heterocycles. The lowest BCUT2D eigenvalue weighted by Crippen LogP contribution is -2.11. The predicted molar refractivity (Wildman–Crippen MR) is 222 cm³/mol. The highest BCUT2D eigenvalue weighted by atomic mass is 16.3. The first kappa shape index (κ1) is 29.6. The van der Waals surface area contributed by atoms with Gasteiger partial charge in [-0.25, -0.2) is 0 Å². The van der Waals surface area contributed by atoms with Gasteiger partial charge in [-0.1, -0.05) is 164 Å². The van der Waals surface area contributed by atoms with Crippen molar-refractivity contribution in [1.29, 1.82) is 0 Å². The Hall–Kier alpha value is -7.10. The van der Waals surface area contributed by atoms with Crippen molar-refractivity contribution >= 4 is 82.5 Å². The fourth-order valence-corrected chi connectivity index (χ4v) is 8.30. The van der Waals surface area contributed by atoms with Gasteiger partial charge >= 0.3 is 0 Å². The van der Waals surface area contributed by atoms with E-state index in [1.165, 1.54) is 27.3 Å². The zero-order valence-corrected chi connectivity index (χ0v) is 28.7. The number of fused-ring (bicyclic) bond motifs is 8. The molecule has 9 aromatic carbocycles. The second-order valence-electron chi connectivity index (χ2n) is 13.6. The van der Waals surface area contributed by atoms with Gasteiger partial charge in [-0.15, -0.1) is 0 Å². The first-order valence-corrected chi connectivity index (χ1v) is 18.0. The minimum atomic E-state index is 0.821. The molecule has 0 aliphatic heterocycles. The lowest BCUT2D eigenvalue weighted by Gasteiger charge is -2.27. The highest BCUT2D eigenvalue weighted by molar-refractivity contribution is 6.18. The smallest absolute Gasteiger partial charge is 0.159 e. The Kier molecular flexibility index (Phi) is 6.55. The average molecular weight is 678 g/mol. The van der Waals surface area contributed by atoms with Gasteiger partial charge in [0, 0.05) is 32.5 Å². The fraction of sp³-hybridized carbons (Fsp3) is 0. The van der Waals surface area contributed by atoms with Crippen LogP contribution in [0.15, 0.2) is 197 Å². The van der Waals surface area contributed by atoms with E-state index in [0.717, 1.165) is 77.5 Å². The van der Waals surface area contributed by atoms with E-state index in [1.54, 1.807) is 0 Å². The summed E-state index contributed by atoms with van der Waals surface area (Å²) in [5, 5.41) is 9.07. The molecule has 11 aromatic rings. The van der Waals surface area contributed by atoms with Gasteiger partial charge in [0.15, 0.2) is 11.2 Å². The van der Waals surface area contributed by atoms with E-state index >= 15 is 0 Å². The lowest BCUT2D eigenvalue weighted by molar-refractivity contribution is 0.667. The van der Waals surface area contributed by atoms with Crippen LogP contribution in [0.2, 0.25) is 0 Å². The van der Waals surface area contributed by atoms with Gasteiger partial charge in [0.05, 0.1) is 17.1 Å². The van der Waals surface area contributed by atoms with Crippen LogP contribution in [0.3, 0.4) is 0 Å². The molecule has 0 radical (unpaired) electrons. The predicted octanol–water partition coefficient (Wildman–Crippen LogP) is 14.6. The van der Waals surface area contributed by atoms with Gasteiger partial charge in [0.1, 0.15) is 11.2 Å². The standard InChI is InChI=1S/C50H31NO2/c1-2-14-33(15-3-1)35-22-11-24-42-43-26-13-28-46(50(43)53-48(35)42)51(45-27-12-25-41-40-21-8-9-29-47(40)52-49(41)45)44-31-30-38(37-19-6-7-20-39(37)44)36-23-10-17-32-16-4-5-18-34(32)36/h1-31H. The molecule has 53 heavy (non-hydrogen) atoms. The van der Waals surface area contributed by atoms with Crippen LogP contribution in [0.5, 0.6) is 0 Å². The van der Waals surface area contributed by atoms with Crippen molar-refractivity contribution in [2.45, 2.75) is 0 Å². The van der Waals surface area contributed by atoms with E-state index < -0.39 is 0 Å². The number of anilines is 3. The third-order valence-electron chi connectivity index (χ3n) is 10.7. The normalized spacial score (nSPS) is 11.8. The summed E-state index contributed by atoms with van der Waals surface area (Å²) in [6.07, 6.45) is 0. The molecule has 0 spiro atoms. The summed E-state index contributed by atoms with van der Waals surface area (Å²) >= 11 is 0. The summed E-state index contributed by atoms with van der Waals surface area (Å²) in [6.45, 7) is 0. The SMILES string of the molecule is c1ccc(-c2cccc3c2oc2c(N(c4ccc(-c5cccc6ccccc56)c5ccccc45)c4cccc5c4oc4ccccc45)cccc23)cc1. The molecule has 0 atom stereocenters. The van der Waals surface area contributed by atoms with Gasteiger partial charge in [0.25, 0.3) is 0 Å². The van der Waals surface area contributed by atoms with E-state index in [2.05, 4.69) is 175 Å². The van der Waals surface area contributed by atoms with Crippen molar-refractivity contribution in [2.24, 2.45) is 0 Å². The van der Waals surface area contributed by atoms with Crippen molar-refractivity contribution < 1.29 is 8.83 Å². The number of para-hydroxylation sites is 4. The maximum atomic E-state index is 7.05. The maximum Gasteiger partial charge on any atom is 0.159 e. The number of benzene rings is 9. The zero-order valence-electron chi connectivity index (χ0n) is 28.7. The van der Waals surface area contributed by atoms with Crippen molar-refractivity contribution in [2.75, 3.05) is 4.90 Å². The molecule has 11 rings (SSSR count). The Balaban J connectivity index is 1.23. The van der Waals surface area contributed by atoms with E-state index in [-0.39, 0.29) is 0 Å². The van der Waals surface area contributed by atoms with E-state index in [0.29, 0.717) is 0 Å². The molecule has 0 aliphatic carbocycles. The van der Waals surface area contributed by atoms with Gasteiger partial charge < -0.3 is 13.7 Å². The van der Waals surface area contributed by atoms with Crippen LogP contribution in [0.1, 0.15) is 0 Å². The van der Waals surface area contributed by atoms with Gasteiger partial charge in [-0.2, -0.15) is 0 Å². The number of rotatable bonds is 5. The van der Waals surface area contributed by atoms with Crippen LogP contribution < -0.4 is 4.90 Å². The molecule has 0 aliphatic rings. The molecule has 2 aromatic heterocycles. The Bertz CT molecular complexity index is 3180. The van der Waals surface area contributed by atoms with Crippen LogP contribution in [-0.4, -0.2) is 0 Å². The minimum absolute atomic E-state index is 0.821. The summed E-state index contributed by atoms with van der Waals surface area (Å²) < 4.78 is 13.8. The first-order chi connectivity index (χ1) is 26.3. The van der Waals surface area contributed by atoms with Gasteiger partial charge in [0.2, 0.25) is 0 Å².